The number of carbonyl (C=O) groups is 1. The lowest BCUT2D eigenvalue weighted by Gasteiger charge is -2.40. The lowest BCUT2D eigenvalue weighted by Crippen LogP contribution is -2.60. The van der Waals surface area contributed by atoms with E-state index in [1.54, 1.807) is 11.8 Å². The maximum absolute atomic E-state index is 11.3. The zero-order valence-corrected chi connectivity index (χ0v) is 9.16. The molecule has 0 spiro atoms. The molecule has 2 N–H and O–H groups in total. The van der Waals surface area contributed by atoms with E-state index in [2.05, 4.69) is 19.2 Å². The van der Waals surface area contributed by atoms with Crippen molar-refractivity contribution in [2.24, 2.45) is 5.92 Å². The number of hydrogen-bond acceptors (Lipinski definition) is 3. The van der Waals surface area contributed by atoms with Crippen molar-refractivity contribution in [3.05, 3.63) is 0 Å². The summed E-state index contributed by atoms with van der Waals surface area (Å²) in [7, 11) is 0. The van der Waals surface area contributed by atoms with Gasteiger partial charge in [-0.25, -0.2) is 0 Å². The summed E-state index contributed by atoms with van der Waals surface area (Å²) in [5.74, 6) is 0.563. The van der Waals surface area contributed by atoms with Gasteiger partial charge in [-0.1, -0.05) is 13.8 Å². The average molecular weight is 200 g/mol. The van der Waals surface area contributed by atoms with Crippen LogP contribution in [0.5, 0.6) is 0 Å². The summed E-state index contributed by atoms with van der Waals surface area (Å²) in [5, 5.41) is 12.5. The molecule has 1 heterocycles. The predicted molar refractivity (Wildman–Crippen MR) is 54.9 cm³/mol. The third-order valence-corrected chi connectivity index (χ3v) is 2.87. The number of aliphatic hydroxyl groups is 1. The molecule has 0 aromatic rings. The minimum Gasteiger partial charge on any atom is -0.394 e. The summed E-state index contributed by atoms with van der Waals surface area (Å²) < 4.78 is 0. The fraction of sp³-hybridized carbons (Fsp3) is 0.900. The van der Waals surface area contributed by atoms with E-state index in [1.165, 1.54) is 0 Å². The van der Waals surface area contributed by atoms with Crippen LogP contribution >= 0.6 is 0 Å². The van der Waals surface area contributed by atoms with Crippen LogP contribution in [0, 0.1) is 5.92 Å². The van der Waals surface area contributed by atoms with Crippen molar-refractivity contribution in [2.75, 3.05) is 19.7 Å². The molecule has 0 aromatic carbocycles. The first-order chi connectivity index (χ1) is 6.56. The maximum atomic E-state index is 11.3. The molecular weight excluding hydrogens is 180 g/mol. The van der Waals surface area contributed by atoms with Crippen LogP contribution in [-0.4, -0.2) is 47.7 Å². The number of carbonyl (C=O) groups excluding carboxylic acids is 1. The van der Waals surface area contributed by atoms with Gasteiger partial charge in [-0.2, -0.15) is 0 Å². The number of piperazine rings is 1. The van der Waals surface area contributed by atoms with Gasteiger partial charge in [0, 0.05) is 26.1 Å². The van der Waals surface area contributed by atoms with Gasteiger partial charge in [0.15, 0.2) is 0 Å². The molecule has 1 amide bonds. The van der Waals surface area contributed by atoms with E-state index in [0.717, 1.165) is 0 Å². The molecular formula is C10H20N2O2. The second-order valence-corrected chi connectivity index (χ2v) is 4.27. The highest BCUT2D eigenvalue weighted by Gasteiger charge is 2.30. The van der Waals surface area contributed by atoms with E-state index in [9.17, 15) is 4.79 Å². The van der Waals surface area contributed by atoms with Crippen LogP contribution < -0.4 is 5.32 Å². The molecule has 0 bridgehead atoms. The average Bonchev–Trinajstić information content (AvgIpc) is 2.16. The minimum atomic E-state index is -0.0532. The van der Waals surface area contributed by atoms with E-state index in [4.69, 9.17) is 5.11 Å². The molecule has 1 fully saturated rings. The maximum Gasteiger partial charge on any atom is 0.219 e. The Kier molecular flexibility index (Phi) is 3.89. The fourth-order valence-corrected chi connectivity index (χ4v) is 1.82. The van der Waals surface area contributed by atoms with Gasteiger partial charge in [-0.3, -0.25) is 4.79 Å². The van der Waals surface area contributed by atoms with Crippen molar-refractivity contribution in [1.29, 1.82) is 0 Å². The smallest absolute Gasteiger partial charge is 0.219 e. The lowest BCUT2D eigenvalue weighted by molar-refractivity contribution is -0.134. The Balaban J connectivity index is 2.62. The van der Waals surface area contributed by atoms with Gasteiger partial charge in [0.05, 0.1) is 12.6 Å². The predicted octanol–water partition coefficient (Wildman–Crippen LogP) is -0.176. The Labute approximate surface area is 85.3 Å². The van der Waals surface area contributed by atoms with Gasteiger partial charge < -0.3 is 15.3 Å². The Morgan fingerprint density at radius 3 is 2.71 bits per heavy atom. The van der Waals surface area contributed by atoms with Crippen LogP contribution in [0.4, 0.5) is 0 Å². The SMILES string of the molecule is CC(=O)N1CC(C(C)C)NCC1CO. The monoisotopic (exact) mass is 200 g/mol. The second-order valence-electron chi connectivity index (χ2n) is 4.27. The highest BCUT2D eigenvalue weighted by Crippen LogP contribution is 2.12. The number of rotatable bonds is 2. The van der Waals surface area contributed by atoms with Crippen molar-refractivity contribution in [2.45, 2.75) is 32.9 Å². The molecule has 2 unspecified atom stereocenters. The quantitative estimate of drug-likeness (QED) is 0.650. The largest absolute Gasteiger partial charge is 0.394 e. The van der Waals surface area contributed by atoms with Gasteiger partial charge in [0.25, 0.3) is 0 Å². The third kappa shape index (κ3) is 2.45. The Morgan fingerprint density at radius 2 is 2.29 bits per heavy atom. The van der Waals surface area contributed by atoms with Crippen molar-refractivity contribution in [1.82, 2.24) is 10.2 Å². The number of aliphatic hydroxyl groups excluding tert-OH is 1. The molecule has 2 atom stereocenters. The summed E-state index contributed by atoms with van der Waals surface area (Å²) in [6.45, 7) is 7.27. The van der Waals surface area contributed by atoms with Crippen molar-refractivity contribution >= 4 is 5.91 Å². The van der Waals surface area contributed by atoms with Gasteiger partial charge in [-0.05, 0) is 5.92 Å². The second kappa shape index (κ2) is 4.75. The highest BCUT2D eigenvalue weighted by molar-refractivity contribution is 5.73. The molecule has 0 aromatic heterocycles. The van der Waals surface area contributed by atoms with E-state index in [1.807, 2.05) is 0 Å². The molecule has 0 saturated carbocycles. The molecule has 1 aliphatic rings. The number of hydrogen-bond donors (Lipinski definition) is 2. The van der Waals surface area contributed by atoms with Crippen LogP contribution in [0.25, 0.3) is 0 Å². The van der Waals surface area contributed by atoms with Crippen molar-refractivity contribution in [3.63, 3.8) is 0 Å². The van der Waals surface area contributed by atoms with Crippen LogP contribution in [0.3, 0.4) is 0 Å². The van der Waals surface area contributed by atoms with E-state index < -0.39 is 0 Å². The molecule has 0 radical (unpaired) electrons. The normalized spacial score (nSPS) is 28.2. The van der Waals surface area contributed by atoms with Crippen LogP contribution in [0.2, 0.25) is 0 Å². The number of nitrogens with zero attached hydrogens (tertiary/aromatic N) is 1. The molecule has 4 nitrogen and oxygen atoms in total. The first kappa shape index (κ1) is 11.5. The summed E-state index contributed by atoms with van der Waals surface area (Å²) >= 11 is 0. The Bertz CT molecular complexity index is 206. The minimum absolute atomic E-state index is 0.0391. The fourth-order valence-electron chi connectivity index (χ4n) is 1.82. The zero-order valence-electron chi connectivity index (χ0n) is 9.16. The molecule has 4 heteroatoms. The summed E-state index contributed by atoms with van der Waals surface area (Å²) in [6, 6.07) is 0.296. The molecule has 1 aliphatic heterocycles. The van der Waals surface area contributed by atoms with Crippen molar-refractivity contribution in [3.8, 4) is 0 Å². The van der Waals surface area contributed by atoms with Crippen LogP contribution in [0.15, 0.2) is 0 Å². The standard InChI is InChI=1S/C10H20N2O2/c1-7(2)10-5-12(8(3)14)9(6-13)4-11-10/h7,9-11,13H,4-6H2,1-3H3. The zero-order chi connectivity index (χ0) is 10.7. The summed E-state index contributed by atoms with van der Waals surface area (Å²) in [5.41, 5.74) is 0. The number of nitrogens with one attached hydrogen (secondary N) is 1. The first-order valence-electron chi connectivity index (χ1n) is 5.17. The van der Waals surface area contributed by atoms with Gasteiger partial charge in [0.1, 0.15) is 0 Å². The van der Waals surface area contributed by atoms with Gasteiger partial charge in [0.2, 0.25) is 5.91 Å². The molecule has 1 saturated heterocycles. The number of amides is 1. The Morgan fingerprint density at radius 1 is 1.64 bits per heavy atom. The summed E-state index contributed by atoms with van der Waals surface area (Å²) in [4.78, 5) is 13.1. The highest BCUT2D eigenvalue weighted by atomic mass is 16.3. The Hall–Kier alpha value is -0.610. The van der Waals surface area contributed by atoms with Crippen LogP contribution in [-0.2, 0) is 4.79 Å². The third-order valence-electron chi connectivity index (χ3n) is 2.87. The van der Waals surface area contributed by atoms with E-state index in [-0.39, 0.29) is 18.6 Å². The molecule has 0 aliphatic carbocycles. The van der Waals surface area contributed by atoms with E-state index >= 15 is 0 Å². The first-order valence-corrected chi connectivity index (χ1v) is 5.17. The van der Waals surface area contributed by atoms with Gasteiger partial charge in [-0.15, -0.1) is 0 Å². The molecule has 14 heavy (non-hydrogen) atoms. The molecule has 82 valence electrons. The molecule has 1 rings (SSSR count). The van der Waals surface area contributed by atoms with E-state index in [0.29, 0.717) is 25.0 Å². The van der Waals surface area contributed by atoms with Gasteiger partial charge >= 0.3 is 0 Å². The topological polar surface area (TPSA) is 52.6 Å². The van der Waals surface area contributed by atoms with Crippen LogP contribution in [0.1, 0.15) is 20.8 Å². The van der Waals surface area contributed by atoms with Crippen molar-refractivity contribution < 1.29 is 9.90 Å². The summed E-state index contributed by atoms with van der Waals surface area (Å²) in [6.07, 6.45) is 0. The lowest BCUT2D eigenvalue weighted by atomic mass is 9.99.